The van der Waals surface area contributed by atoms with Gasteiger partial charge in [-0.05, 0) is 43.5 Å². The molecular formula is C18H19FN2O4S. The first kappa shape index (κ1) is 18.2. The summed E-state index contributed by atoms with van der Waals surface area (Å²) >= 11 is 0. The molecule has 0 bridgehead atoms. The van der Waals surface area contributed by atoms with E-state index in [2.05, 4.69) is 10.0 Å². The van der Waals surface area contributed by atoms with Crippen LogP contribution in [0.4, 0.5) is 15.8 Å². The minimum Gasteiger partial charge on any atom is -0.480 e. The highest BCUT2D eigenvalue weighted by Crippen LogP contribution is 2.30. The number of rotatable bonds is 4. The van der Waals surface area contributed by atoms with Crippen LogP contribution in [0.25, 0.3) is 0 Å². The predicted octanol–water partition coefficient (Wildman–Crippen LogP) is 2.84. The number of amides is 1. The van der Waals surface area contributed by atoms with Crippen LogP contribution in [0.3, 0.4) is 0 Å². The van der Waals surface area contributed by atoms with Crippen LogP contribution in [0, 0.1) is 12.7 Å². The SMILES string of the molecule is Cc1ccc2c(c1)CCC(C(=O)Nc1ccc(F)cc1NS(C)(=O)=O)O2. The van der Waals surface area contributed by atoms with Gasteiger partial charge in [-0.25, -0.2) is 12.8 Å². The predicted molar refractivity (Wildman–Crippen MR) is 97.4 cm³/mol. The fourth-order valence-electron chi connectivity index (χ4n) is 2.82. The van der Waals surface area contributed by atoms with E-state index in [0.29, 0.717) is 18.6 Å². The number of ether oxygens (including phenoxy) is 1. The Kier molecular flexibility index (Phi) is 4.86. The van der Waals surface area contributed by atoms with E-state index >= 15 is 0 Å². The molecule has 2 N–H and O–H groups in total. The van der Waals surface area contributed by atoms with Crippen LogP contribution >= 0.6 is 0 Å². The third kappa shape index (κ3) is 4.32. The van der Waals surface area contributed by atoms with Crippen molar-refractivity contribution in [3.8, 4) is 5.75 Å². The van der Waals surface area contributed by atoms with E-state index in [9.17, 15) is 17.6 Å². The normalized spacial score (nSPS) is 16.3. The summed E-state index contributed by atoms with van der Waals surface area (Å²) in [6, 6.07) is 9.23. The molecule has 138 valence electrons. The van der Waals surface area contributed by atoms with E-state index in [1.165, 1.54) is 6.07 Å². The Morgan fingerprint density at radius 3 is 2.69 bits per heavy atom. The molecule has 1 aliphatic heterocycles. The van der Waals surface area contributed by atoms with E-state index in [-0.39, 0.29) is 11.4 Å². The molecule has 0 radical (unpaired) electrons. The molecule has 1 atom stereocenters. The van der Waals surface area contributed by atoms with Crippen molar-refractivity contribution in [2.45, 2.75) is 25.9 Å². The number of hydrogen-bond donors (Lipinski definition) is 2. The minimum atomic E-state index is -3.62. The second-order valence-corrected chi connectivity index (χ2v) is 8.06. The van der Waals surface area contributed by atoms with Crippen molar-refractivity contribution in [3.63, 3.8) is 0 Å². The average Bonchev–Trinajstić information content (AvgIpc) is 2.55. The maximum absolute atomic E-state index is 13.4. The second kappa shape index (κ2) is 6.95. The van der Waals surface area contributed by atoms with Crippen LogP contribution in [0.2, 0.25) is 0 Å². The summed E-state index contributed by atoms with van der Waals surface area (Å²) in [4.78, 5) is 12.5. The zero-order valence-electron chi connectivity index (χ0n) is 14.4. The Balaban J connectivity index is 1.77. The van der Waals surface area contributed by atoms with Gasteiger partial charge in [0, 0.05) is 6.07 Å². The number of aryl methyl sites for hydroxylation is 2. The number of hydrogen-bond acceptors (Lipinski definition) is 4. The number of nitrogens with one attached hydrogen (secondary N) is 2. The highest BCUT2D eigenvalue weighted by atomic mass is 32.2. The van der Waals surface area contributed by atoms with Crippen molar-refractivity contribution >= 4 is 27.3 Å². The monoisotopic (exact) mass is 378 g/mol. The molecule has 0 spiro atoms. The van der Waals surface area contributed by atoms with Gasteiger partial charge in [-0.2, -0.15) is 0 Å². The molecule has 2 aromatic carbocycles. The van der Waals surface area contributed by atoms with E-state index < -0.39 is 27.9 Å². The lowest BCUT2D eigenvalue weighted by molar-refractivity contribution is -0.123. The summed E-state index contributed by atoms with van der Waals surface area (Å²) in [5.41, 5.74) is 2.31. The van der Waals surface area contributed by atoms with Gasteiger partial charge in [0.25, 0.3) is 5.91 Å². The van der Waals surface area contributed by atoms with Gasteiger partial charge >= 0.3 is 0 Å². The van der Waals surface area contributed by atoms with E-state index in [0.717, 1.165) is 29.5 Å². The Hall–Kier alpha value is -2.61. The third-order valence-corrected chi connectivity index (χ3v) is 4.58. The number of benzene rings is 2. The molecule has 3 rings (SSSR count). The molecule has 1 amide bonds. The van der Waals surface area contributed by atoms with Crippen LogP contribution in [0.15, 0.2) is 36.4 Å². The topological polar surface area (TPSA) is 84.5 Å². The molecule has 0 fully saturated rings. The van der Waals surface area contributed by atoms with Crippen LogP contribution in [0.5, 0.6) is 5.75 Å². The lowest BCUT2D eigenvalue weighted by atomic mass is 10.00. The largest absolute Gasteiger partial charge is 0.480 e. The fraction of sp³-hybridized carbons (Fsp3) is 0.278. The molecule has 0 saturated carbocycles. The molecule has 0 aliphatic carbocycles. The molecule has 6 nitrogen and oxygen atoms in total. The number of fused-ring (bicyclic) bond motifs is 1. The molecular weight excluding hydrogens is 359 g/mol. The first-order chi connectivity index (χ1) is 12.2. The third-order valence-electron chi connectivity index (χ3n) is 3.99. The number of anilines is 2. The maximum atomic E-state index is 13.4. The quantitative estimate of drug-likeness (QED) is 0.857. The zero-order valence-corrected chi connectivity index (χ0v) is 15.2. The van der Waals surface area contributed by atoms with Crippen molar-refractivity contribution < 1.29 is 22.3 Å². The Bertz CT molecular complexity index is 960. The summed E-state index contributed by atoms with van der Waals surface area (Å²) < 4.78 is 44.3. The Morgan fingerprint density at radius 2 is 1.96 bits per heavy atom. The number of sulfonamides is 1. The first-order valence-electron chi connectivity index (χ1n) is 8.06. The maximum Gasteiger partial charge on any atom is 0.265 e. The van der Waals surface area contributed by atoms with Gasteiger partial charge in [0.2, 0.25) is 10.0 Å². The standard InChI is InChI=1S/C18H19FN2O4S/c1-11-3-7-16-12(9-11)4-8-17(25-16)18(22)20-14-6-5-13(19)10-15(14)21-26(2,23)24/h3,5-7,9-10,17,21H,4,8H2,1-2H3,(H,20,22). The van der Waals surface area contributed by atoms with Crippen molar-refractivity contribution in [3.05, 3.63) is 53.3 Å². The van der Waals surface area contributed by atoms with Crippen LogP contribution in [-0.4, -0.2) is 26.7 Å². The van der Waals surface area contributed by atoms with Gasteiger partial charge < -0.3 is 10.1 Å². The van der Waals surface area contributed by atoms with Gasteiger partial charge in [-0.3, -0.25) is 9.52 Å². The molecule has 8 heteroatoms. The van der Waals surface area contributed by atoms with Gasteiger partial charge in [-0.15, -0.1) is 0 Å². The van der Waals surface area contributed by atoms with E-state index in [4.69, 9.17) is 4.74 Å². The fourth-order valence-corrected chi connectivity index (χ4v) is 3.39. The lowest BCUT2D eigenvalue weighted by Gasteiger charge is -2.26. The molecule has 1 unspecified atom stereocenters. The Morgan fingerprint density at radius 1 is 1.19 bits per heavy atom. The van der Waals surface area contributed by atoms with Crippen molar-refractivity contribution in [2.24, 2.45) is 0 Å². The highest BCUT2D eigenvalue weighted by Gasteiger charge is 2.27. The van der Waals surface area contributed by atoms with Crippen molar-refractivity contribution in [1.29, 1.82) is 0 Å². The Labute approximate surface area is 151 Å². The number of carbonyl (C=O) groups is 1. The van der Waals surface area contributed by atoms with Crippen molar-refractivity contribution in [1.82, 2.24) is 0 Å². The summed E-state index contributed by atoms with van der Waals surface area (Å²) in [5, 5.41) is 2.61. The average molecular weight is 378 g/mol. The molecule has 26 heavy (non-hydrogen) atoms. The van der Waals surface area contributed by atoms with Gasteiger partial charge in [0.1, 0.15) is 11.6 Å². The number of halogens is 1. The molecule has 1 aliphatic rings. The molecule has 2 aromatic rings. The van der Waals surface area contributed by atoms with Gasteiger partial charge in [0.15, 0.2) is 6.10 Å². The highest BCUT2D eigenvalue weighted by molar-refractivity contribution is 7.92. The van der Waals surface area contributed by atoms with E-state index in [1.54, 1.807) is 0 Å². The van der Waals surface area contributed by atoms with Crippen LogP contribution in [-0.2, 0) is 21.2 Å². The molecule has 1 heterocycles. The smallest absolute Gasteiger partial charge is 0.265 e. The summed E-state index contributed by atoms with van der Waals surface area (Å²) in [6.07, 6.45) is 1.44. The molecule has 0 saturated heterocycles. The summed E-state index contributed by atoms with van der Waals surface area (Å²) in [7, 11) is -3.62. The zero-order chi connectivity index (χ0) is 18.9. The van der Waals surface area contributed by atoms with Gasteiger partial charge in [0.05, 0.1) is 17.6 Å². The van der Waals surface area contributed by atoms with Crippen LogP contribution in [0.1, 0.15) is 17.5 Å². The minimum absolute atomic E-state index is 0.0346. The summed E-state index contributed by atoms with van der Waals surface area (Å²) in [6.45, 7) is 1.99. The molecule has 0 aromatic heterocycles. The van der Waals surface area contributed by atoms with E-state index in [1.807, 2.05) is 25.1 Å². The van der Waals surface area contributed by atoms with Gasteiger partial charge in [-0.1, -0.05) is 17.7 Å². The first-order valence-corrected chi connectivity index (χ1v) is 9.95. The second-order valence-electron chi connectivity index (χ2n) is 6.31. The van der Waals surface area contributed by atoms with Crippen LogP contribution < -0.4 is 14.8 Å². The van der Waals surface area contributed by atoms with Crippen molar-refractivity contribution in [2.75, 3.05) is 16.3 Å². The lowest BCUT2D eigenvalue weighted by Crippen LogP contribution is -2.36. The summed E-state index contributed by atoms with van der Waals surface area (Å²) in [5.74, 6) is -0.373. The number of carbonyl (C=O) groups excluding carboxylic acids is 1.